The standard InChI is InChI=1S/C8H11N3O/c1-2-8(12)7(9)3-6-4-10-5-11-6/h2,4-5,7H,1,3,9H2,(H,10,11)/t7-/m0/s1. The maximum atomic E-state index is 11.0. The van der Waals surface area contributed by atoms with E-state index in [0.717, 1.165) is 5.69 Å². The molecule has 0 unspecified atom stereocenters. The largest absolute Gasteiger partial charge is 0.351 e. The zero-order valence-corrected chi connectivity index (χ0v) is 6.66. The van der Waals surface area contributed by atoms with Crippen molar-refractivity contribution in [1.82, 2.24) is 9.97 Å². The highest BCUT2D eigenvalue weighted by Gasteiger charge is 2.10. The molecular weight excluding hydrogens is 154 g/mol. The molecule has 0 bridgehead atoms. The number of imidazole rings is 1. The van der Waals surface area contributed by atoms with Crippen LogP contribution in [0.1, 0.15) is 5.69 Å². The molecule has 0 amide bonds. The summed E-state index contributed by atoms with van der Waals surface area (Å²) in [7, 11) is 0. The Balaban J connectivity index is 2.52. The van der Waals surface area contributed by atoms with E-state index in [2.05, 4.69) is 16.5 Å². The minimum Gasteiger partial charge on any atom is -0.351 e. The second-order valence-electron chi connectivity index (χ2n) is 2.48. The first kappa shape index (κ1) is 8.67. The van der Waals surface area contributed by atoms with Gasteiger partial charge in [0, 0.05) is 12.6 Å². The minimum atomic E-state index is -0.522. The fraction of sp³-hybridized carbons (Fsp3) is 0.250. The van der Waals surface area contributed by atoms with Crippen LogP contribution in [0.5, 0.6) is 0 Å². The Kier molecular flexibility index (Phi) is 2.76. The predicted octanol–water partition coefficient (Wildman–Crippen LogP) is 0.0346. The lowest BCUT2D eigenvalue weighted by Crippen LogP contribution is -2.31. The zero-order valence-electron chi connectivity index (χ0n) is 6.66. The summed E-state index contributed by atoms with van der Waals surface area (Å²) < 4.78 is 0. The summed E-state index contributed by atoms with van der Waals surface area (Å²) in [5.41, 5.74) is 6.33. The summed E-state index contributed by atoms with van der Waals surface area (Å²) in [6.07, 6.45) is 4.96. The molecule has 3 N–H and O–H groups in total. The third kappa shape index (κ3) is 2.03. The van der Waals surface area contributed by atoms with Crippen LogP contribution >= 0.6 is 0 Å². The number of ketones is 1. The van der Waals surface area contributed by atoms with Gasteiger partial charge in [0.1, 0.15) is 0 Å². The molecule has 4 heteroatoms. The quantitative estimate of drug-likeness (QED) is 0.618. The van der Waals surface area contributed by atoms with Gasteiger partial charge in [-0.3, -0.25) is 4.79 Å². The predicted molar refractivity (Wildman–Crippen MR) is 45.5 cm³/mol. The number of hydrogen-bond acceptors (Lipinski definition) is 3. The average Bonchev–Trinajstić information content (AvgIpc) is 2.55. The van der Waals surface area contributed by atoms with Gasteiger partial charge in [0.25, 0.3) is 0 Å². The van der Waals surface area contributed by atoms with Crippen LogP contribution in [-0.2, 0) is 11.2 Å². The van der Waals surface area contributed by atoms with Gasteiger partial charge in [0.15, 0.2) is 5.78 Å². The Hall–Kier alpha value is -1.42. The van der Waals surface area contributed by atoms with E-state index in [9.17, 15) is 4.79 Å². The van der Waals surface area contributed by atoms with E-state index in [1.165, 1.54) is 6.08 Å². The Morgan fingerprint density at radius 1 is 1.92 bits per heavy atom. The number of H-pyrrole nitrogens is 1. The van der Waals surface area contributed by atoms with Crippen molar-refractivity contribution in [3.8, 4) is 0 Å². The normalized spacial score (nSPS) is 12.4. The molecule has 1 atom stereocenters. The Labute approximate surface area is 70.5 Å². The van der Waals surface area contributed by atoms with Crippen LogP contribution in [0.3, 0.4) is 0 Å². The third-order valence-corrected chi connectivity index (χ3v) is 1.55. The SMILES string of the molecule is C=CC(=O)[C@@H](N)Cc1c[nH]cn1. The molecule has 1 aromatic rings. The summed E-state index contributed by atoms with van der Waals surface area (Å²) in [4.78, 5) is 17.7. The summed E-state index contributed by atoms with van der Waals surface area (Å²) in [6, 6.07) is -0.522. The van der Waals surface area contributed by atoms with Crippen molar-refractivity contribution in [1.29, 1.82) is 0 Å². The average molecular weight is 165 g/mol. The van der Waals surface area contributed by atoms with Crippen molar-refractivity contribution in [2.45, 2.75) is 12.5 Å². The van der Waals surface area contributed by atoms with Crippen LogP contribution in [0, 0.1) is 0 Å². The monoisotopic (exact) mass is 165 g/mol. The molecule has 0 spiro atoms. The van der Waals surface area contributed by atoms with Crippen LogP contribution in [-0.4, -0.2) is 21.8 Å². The van der Waals surface area contributed by atoms with Gasteiger partial charge in [-0.15, -0.1) is 0 Å². The van der Waals surface area contributed by atoms with Crippen LogP contribution < -0.4 is 5.73 Å². The van der Waals surface area contributed by atoms with Gasteiger partial charge in [-0.2, -0.15) is 0 Å². The Morgan fingerprint density at radius 2 is 2.67 bits per heavy atom. The molecule has 0 aromatic carbocycles. The number of carbonyl (C=O) groups is 1. The molecule has 1 aromatic heterocycles. The summed E-state index contributed by atoms with van der Waals surface area (Å²) in [5.74, 6) is -0.155. The molecular formula is C8H11N3O. The van der Waals surface area contributed by atoms with Gasteiger partial charge in [-0.1, -0.05) is 6.58 Å². The molecule has 0 aliphatic carbocycles. The first-order valence-electron chi connectivity index (χ1n) is 3.63. The van der Waals surface area contributed by atoms with E-state index in [4.69, 9.17) is 5.73 Å². The van der Waals surface area contributed by atoms with Gasteiger partial charge in [-0.05, 0) is 6.08 Å². The molecule has 0 fully saturated rings. The van der Waals surface area contributed by atoms with Crippen molar-refractivity contribution < 1.29 is 4.79 Å². The number of nitrogens with two attached hydrogens (primary N) is 1. The molecule has 0 radical (unpaired) electrons. The molecule has 0 saturated heterocycles. The van der Waals surface area contributed by atoms with Gasteiger partial charge in [-0.25, -0.2) is 4.98 Å². The first-order chi connectivity index (χ1) is 5.74. The number of carbonyl (C=O) groups excluding carboxylic acids is 1. The Bertz CT molecular complexity index is 266. The Morgan fingerprint density at radius 3 is 3.17 bits per heavy atom. The number of rotatable bonds is 4. The van der Waals surface area contributed by atoms with Crippen molar-refractivity contribution in [2.24, 2.45) is 5.73 Å². The molecule has 4 nitrogen and oxygen atoms in total. The van der Waals surface area contributed by atoms with Gasteiger partial charge < -0.3 is 10.7 Å². The summed E-state index contributed by atoms with van der Waals surface area (Å²) in [5, 5.41) is 0. The lowest BCUT2D eigenvalue weighted by molar-refractivity contribution is -0.115. The number of aromatic nitrogens is 2. The van der Waals surface area contributed by atoms with Crippen LogP contribution in [0.4, 0.5) is 0 Å². The van der Waals surface area contributed by atoms with E-state index in [-0.39, 0.29) is 5.78 Å². The molecule has 0 aliphatic heterocycles. The van der Waals surface area contributed by atoms with Crippen LogP contribution in [0.2, 0.25) is 0 Å². The van der Waals surface area contributed by atoms with E-state index in [0.29, 0.717) is 6.42 Å². The van der Waals surface area contributed by atoms with Crippen LogP contribution in [0.25, 0.3) is 0 Å². The smallest absolute Gasteiger partial charge is 0.172 e. The molecule has 0 saturated carbocycles. The number of hydrogen-bond donors (Lipinski definition) is 2. The van der Waals surface area contributed by atoms with Crippen molar-refractivity contribution in [3.05, 3.63) is 30.9 Å². The fourth-order valence-electron chi connectivity index (χ4n) is 0.880. The van der Waals surface area contributed by atoms with Gasteiger partial charge in [0.05, 0.1) is 18.1 Å². The maximum absolute atomic E-state index is 11.0. The van der Waals surface area contributed by atoms with Gasteiger partial charge >= 0.3 is 0 Å². The zero-order chi connectivity index (χ0) is 8.97. The number of nitrogens with one attached hydrogen (secondary N) is 1. The highest BCUT2D eigenvalue weighted by Crippen LogP contribution is 1.97. The van der Waals surface area contributed by atoms with Gasteiger partial charge in [0.2, 0.25) is 0 Å². The highest BCUT2D eigenvalue weighted by atomic mass is 16.1. The molecule has 1 heterocycles. The topological polar surface area (TPSA) is 71.8 Å². The minimum absolute atomic E-state index is 0.155. The second kappa shape index (κ2) is 3.82. The third-order valence-electron chi connectivity index (χ3n) is 1.55. The molecule has 0 aliphatic rings. The molecule has 12 heavy (non-hydrogen) atoms. The van der Waals surface area contributed by atoms with Crippen molar-refractivity contribution in [3.63, 3.8) is 0 Å². The maximum Gasteiger partial charge on any atom is 0.172 e. The number of aromatic amines is 1. The number of nitrogens with zero attached hydrogens (tertiary/aromatic N) is 1. The highest BCUT2D eigenvalue weighted by molar-refractivity contribution is 5.93. The van der Waals surface area contributed by atoms with Crippen molar-refractivity contribution >= 4 is 5.78 Å². The fourth-order valence-corrected chi connectivity index (χ4v) is 0.880. The lowest BCUT2D eigenvalue weighted by Gasteiger charge is -2.03. The second-order valence-corrected chi connectivity index (χ2v) is 2.48. The van der Waals surface area contributed by atoms with E-state index in [1.807, 2.05) is 0 Å². The molecule has 64 valence electrons. The van der Waals surface area contributed by atoms with E-state index in [1.54, 1.807) is 12.5 Å². The summed E-state index contributed by atoms with van der Waals surface area (Å²) in [6.45, 7) is 3.35. The van der Waals surface area contributed by atoms with E-state index >= 15 is 0 Å². The lowest BCUT2D eigenvalue weighted by atomic mass is 10.1. The van der Waals surface area contributed by atoms with Crippen LogP contribution in [0.15, 0.2) is 25.2 Å². The van der Waals surface area contributed by atoms with E-state index < -0.39 is 6.04 Å². The van der Waals surface area contributed by atoms with Crippen molar-refractivity contribution in [2.75, 3.05) is 0 Å². The molecule has 1 rings (SSSR count). The summed E-state index contributed by atoms with van der Waals surface area (Å²) >= 11 is 0. The first-order valence-corrected chi connectivity index (χ1v) is 3.63.